The second-order valence-corrected chi connectivity index (χ2v) is 8.09. The molecule has 7 nitrogen and oxygen atoms in total. The molecule has 32 heavy (non-hydrogen) atoms. The first-order valence-electron chi connectivity index (χ1n) is 10.1. The average molecular weight is 450 g/mol. The molecule has 1 aliphatic heterocycles. The van der Waals surface area contributed by atoms with Crippen molar-refractivity contribution in [2.45, 2.75) is 23.4 Å². The van der Waals surface area contributed by atoms with Crippen LogP contribution in [0, 0.1) is 0 Å². The summed E-state index contributed by atoms with van der Waals surface area (Å²) in [4.78, 5) is 32.7. The molecular weight excluding hydrogens is 426 g/mol. The van der Waals surface area contributed by atoms with E-state index in [1.165, 1.54) is 11.8 Å². The highest BCUT2D eigenvalue weighted by Crippen LogP contribution is 2.40. The molecule has 0 unspecified atom stereocenters. The van der Waals surface area contributed by atoms with E-state index in [1.807, 2.05) is 31.2 Å². The molecule has 0 bridgehead atoms. The number of hydrogen-bond donors (Lipinski definition) is 1. The van der Waals surface area contributed by atoms with Crippen molar-refractivity contribution >= 4 is 29.3 Å². The fourth-order valence-electron chi connectivity index (χ4n) is 3.54. The summed E-state index contributed by atoms with van der Waals surface area (Å²) in [7, 11) is 3.15. The Morgan fingerprint density at radius 2 is 1.91 bits per heavy atom. The van der Waals surface area contributed by atoms with Crippen LogP contribution in [0.5, 0.6) is 11.5 Å². The Hall–Kier alpha value is -3.52. The van der Waals surface area contributed by atoms with E-state index in [-0.39, 0.29) is 11.8 Å². The number of hydrogen-bond acceptors (Lipinski definition) is 6. The minimum atomic E-state index is -0.206. The first-order valence-corrected chi connectivity index (χ1v) is 10.9. The molecule has 0 saturated carbocycles. The van der Waals surface area contributed by atoms with Crippen LogP contribution < -0.4 is 19.7 Å². The molecule has 8 heteroatoms. The minimum absolute atomic E-state index is 0.0903. The molecule has 0 radical (unpaired) electrons. The lowest BCUT2D eigenvalue weighted by atomic mass is 10.1. The van der Waals surface area contributed by atoms with Gasteiger partial charge < -0.3 is 19.7 Å². The van der Waals surface area contributed by atoms with Gasteiger partial charge in [-0.3, -0.25) is 9.59 Å². The molecule has 1 aliphatic rings. The van der Waals surface area contributed by atoms with Crippen LogP contribution in [0.25, 0.3) is 0 Å². The van der Waals surface area contributed by atoms with Gasteiger partial charge in [-0.2, -0.15) is 0 Å². The molecule has 2 amide bonds. The molecule has 1 aromatic heterocycles. The van der Waals surface area contributed by atoms with Crippen LogP contribution in [0.4, 0.5) is 5.69 Å². The fraction of sp³-hybridized carbons (Fsp3) is 0.208. The molecule has 2 aromatic carbocycles. The van der Waals surface area contributed by atoms with E-state index in [1.54, 1.807) is 49.6 Å². The summed E-state index contributed by atoms with van der Waals surface area (Å²) in [6.45, 7) is 2.79. The third kappa shape index (κ3) is 4.13. The van der Waals surface area contributed by atoms with Crippen molar-refractivity contribution in [3.63, 3.8) is 0 Å². The highest BCUT2D eigenvalue weighted by Gasteiger charge is 2.27. The summed E-state index contributed by atoms with van der Waals surface area (Å²) < 4.78 is 10.6. The number of anilines is 1. The molecule has 3 aromatic rings. The molecule has 0 atom stereocenters. The lowest BCUT2D eigenvalue weighted by Crippen LogP contribution is -2.30. The molecule has 2 heterocycles. The summed E-state index contributed by atoms with van der Waals surface area (Å²) in [6.07, 6.45) is 1.67. The highest BCUT2D eigenvalue weighted by molar-refractivity contribution is 7.99. The van der Waals surface area contributed by atoms with Crippen molar-refractivity contribution < 1.29 is 19.1 Å². The lowest BCUT2D eigenvalue weighted by Gasteiger charge is -2.21. The van der Waals surface area contributed by atoms with Gasteiger partial charge in [-0.05, 0) is 55.0 Å². The van der Waals surface area contributed by atoms with Crippen LogP contribution in [0.3, 0.4) is 0 Å². The molecule has 0 saturated heterocycles. The Balaban J connectivity index is 1.57. The van der Waals surface area contributed by atoms with E-state index in [4.69, 9.17) is 9.47 Å². The number of nitrogens with one attached hydrogen (secondary N) is 1. The van der Waals surface area contributed by atoms with Crippen molar-refractivity contribution in [1.82, 2.24) is 10.3 Å². The predicted molar refractivity (Wildman–Crippen MR) is 123 cm³/mol. The van der Waals surface area contributed by atoms with Crippen LogP contribution in [-0.4, -0.2) is 37.6 Å². The Labute approximate surface area is 190 Å². The SMILES string of the molecule is CCN1C(=O)c2cccnc2Sc2cc(C(=O)NCc3ccc(OC)c(OC)c3)ccc21. The van der Waals surface area contributed by atoms with Gasteiger partial charge in [0.25, 0.3) is 11.8 Å². The van der Waals surface area contributed by atoms with Gasteiger partial charge in [-0.25, -0.2) is 4.98 Å². The van der Waals surface area contributed by atoms with Crippen molar-refractivity contribution in [3.8, 4) is 11.5 Å². The summed E-state index contributed by atoms with van der Waals surface area (Å²) in [5, 5.41) is 3.58. The number of nitrogens with zero attached hydrogens (tertiary/aromatic N) is 2. The van der Waals surface area contributed by atoms with Crippen molar-refractivity contribution in [3.05, 3.63) is 71.4 Å². The molecule has 0 aliphatic carbocycles. The topological polar surface area (TPSA) is 80.8 Å². The largest absolute Gasteiger partial charge is 0.493 e. The summed E-state index contributed by atoms with van der Waals surface area (Å²) >= 11 is 1.40. The normalized spacial score (nSPS) is 12.5. The quantitative estimate of drug-likeness (QED) is 0.609. The van der Waals surface area contributed by atoms with Crippen molar-refractivity contribution in [2.75, 3.05) is 25.7 Å². The van der Waals surface area contributed by atoms with Gasteiger partial charge in [-0.15, -0.1) is 0 Å². The number of ether oxygens (including phenoxy) is 2. The summed E-state index contributed by atoms with van der Waals surface area (Å²) in [5.74, 6) is 0.945. The number of carbonyl (C=O) groups is 2. The molecule has 0 spiro atoms. The van der Waals surface area contributed by atoms with Gasteiger partial charge in [-0.1, -0.05) is 17.8 Å². The van der Waals surface area contributed by atoms with Gasteiger partial charge in [0.05, 0.1) is 25.5 Å². The fourth-order valence-corrected chi connectivity index (χ4v) is 4.60. The summed E-state index contributed by atoms with van der Waals surface area (Å²) in [6, 6.07) is 14.4. The number of benzene rings is 2. The molecule has 0 fully saturated rings. The number of amides is 2. The Morgan fingerprint density at radius 1 is 1.09 bits per heavy atom. The number of rotatable bonds is 6. The average Bonchev–Trinajstić information content (AvgIpc) is 2.95. The second kappa shape index (κ2) is 9.32. The van der Waals surface area contributed by atoms with Crippen LogP contribution in [0.2, 0.25) is 0 Å². The zero-order valence-electron chi connectivity index (χ0n) is 18.0. The Bertz CT molecular complexity index is 1180. The van der Waals surface area contributed by atoms with Crippen LogP contribution in [0.1, 0.15) is 33.2 Å². The Kier molecular flexibility index (Phi) is 6.32. The van der Waals surface area contributed by atoms with Crippen molar-refractivity contribution in [1.29, 1.82) is 0 Å². The second-order valence-electron chi connectivity index (χ2n) is 7.06. The van der Waals surface area contributed by atoms with E-state index >= 15 is 0 Å². The maximum Gasteiger partial charge on any atom is 0.261 e. The van der Waals surface area contributed by atoms with Gasteiger partial charge in [0.2, 0.25) is 0 Å². The predicted octanol–water partition coefficient (Wildman–Crippen LogP) is 4.16. The first-order chi connectivity index (χ1) is 15.5. The Morgan fingerprint density at radius 3 is 2.66 bits per heavy atom. The lowest BCUT2D eigenvalue weighted by molar-refractivity contribution is 0.0949. The highest BCUT2D eigenvalue weighted by atomic mass is 32.2. The van der Waals surface area contributed by atoms with Crippen LogP contribution in [0.15, 0.2) is 64.6 Å². The number of fused-ring (bicyclic) bond motifs is 2. The number of pyridine rings is 1. The monoisotopic (exact) mass is 449 g/mol. The standard InChI is InChI=1S/C24H23N3O4S/c1-4-27-18-9-8-16(13-21(18)32-23-17(24(27)29)6-5-11-25-23)22(28)26-14-15-7-10-19(30-2)20(12-15)31-3/h5-13H,4,14H2,1-3H3,(H,26,28). The third-order valence-electron chi connectivity index (χ3n) is 5.18. The van der Waals surface area contributed by atoms with Gasteiger partial charge in [0, 0.05) is 29.7 Å². The number of aromatic nitrogens is 1. The molecule has 1 N–H and O–H groups in total. The van der Waals surface area contributed by atoms with Crippen LogP contribution >= 0.6 is 11.8 Å². The molecular formula is C24H23N3O4S. The van der Waals surface area contributed by atoms with E-state index in [9.17, 15) is 9.59 Å². The van der Waals surface area contributed by atoms with Gasteiger partial charge in [0.1, 0.15) is 5.03 Å². The van der Waals surface area contributed by atoms with Crippen molar-refractivity contribution in [2.24, 2.45) is 0 Å². The van der Waals surface area contributed by atoms with E-state index in [2.05, 4.69) is 10.3 Å². The number of methoxy groups -OCH3 is 2. The maximum atomic E-state index is 13.0. The zero-order valence-corrected chi connectivity index (χ0v) is 18.9. The number of carbonyl (C=O) groups excluding carboxylic acids is 2. The smallest absolute Gasteiger partial charge is 0.261 e. The molecule has 4 rings (SSSR count). The zero-order chi connectivity index (χ0) is 22.7. The van der Waals surface area contributed by atoms with E-state index in [0.717, 1.165) is 16.1 Å². The maximum absolute atomic E-state index is 13.0. The summed E-state index contributed by atoms with van der Waals surface area (Å²) in [5.41, 5.74) is 2.74. The van der Waals surface area contributed by atoms with E-state index in [0.29, 0.717) is 40.7 Å². The van der Waals surface area contributed by atoms with Gasteiger partial charge >= 0.3 is 0 Å². The first kappa shape index (κ1) is 21.7. The van der Waals surface area contributed by atoms with E-state index < -0.39 is 0 Å². The molecule has 164 valence electrons. The minimum Gasteiger partial charge on any atom is -0.493 e. The third-order valence-corrected chi connectivity index (χ3v) is 6.25. The van der Waals surface area contributed by atoms with Crippen LogP contribution in [-0.2, 0) is 6.54 Å². The van der Waals surface area contributed by atoms with Gasteiger partial charge in [0.15, 0.2) is 11.5 Å².